The summed E-state index contributed by atoms with van der Waals surface area (Å²) in [5.74, 6) is 0.834. The zero-order valence-electron chi connectivity index (χ0n) is 18.2. The molecular formula is C24H36O4. The molecule has 8 atom stereocenters. The molecule has 0 spiro atoms. The van der Waals surface area contributed by atoms with Gasteiger partial charge >= 0.3 is 5.97 Å². The number of fused-ring (bicyclic) bond motifs is 5. The van der Waals surface area contributed by atoms with Crippen molar-refractivity contribution in [1.82, 2.24) is 0 Å². The first-order valence-corrected chi connectivity index (χ1v) is 11.0. The van der Waals surface area contributed by atoms with Gasteiger partial charge in [-0.15, -0.1) is 0 Å². The van der Waals surface area contributed by atoms with Gasteiger partial charge < -0.3 is 9.84 Å². The molecule has 0 bridgehead atoms. The third-order valence-electron chi connectivity index (χ3n) is 10.0. The Morgan fingerprint density at radius 2 is 1.79 bits per heavy atom. The molecule has 4 aliphatic carbocycles. The number of Topliss-reactive ketones (excluding diaryl/α,β-unsaturated/α-hetero) is 1. The average molecular weight is 389 g/mol. The van der Waals surface area contributed by atoms with Crippen molar-refractivity contribution in [3.63, 3.8) is 0 Å². The summed E-state index contributed by atoms with van der Waals surface area (Å²) >= 11 is 0. The third kappa shape index (κ3) is 2.27. The van der Waals surface area contributed by atoms with E-state index in [0.29, 0.717) is 24.0 Å². The lowest BCUT2D eigenvalue weighted by Crippen LogP contribution is -2.67. The van der Waals surface area contributed by atoms with E-state index in [4.69, 9.17) is 4.74 Å². The Hall–Kier alpha value is -1.16. The monoisotopic (exact) mass is 388 g/mol. The molecule has 4 heteroatoms. The number of aliphatic hydroxyl groups is 1. The van der Waals surface area contributed by atoms with Crippen LogP contribution < -0.4 is 0 Å². The van der Waals surface area contributed by atoms with E-state index in [1.807, 2.05) is 6.08 Å². The van der Waals surface area contributed by atoms with Crippen molar-refractivity contribution in [2.75, 3.05) is 0 Å². The van der Waals surface area contributed by atoms with Crippen molar-refractivity contribution in [3.8, 4) is 0 Å². The Bertz CT molecular complexity index is 739. The van der Waals surface area contributed by atoms with Crippen molar-refractivity contribution in [2.24, 2.45) is 39.4 Å². The van der Waals surface area contributed by atoms with E-state index in [1.54, 1.807) is 0 Å². The molecule has 0 heterocycles. The maximum Gasteiger partial charge on any atom is 0.302 e. The highest BCUT2D eigenvalue weighted by Gasteiger charge is 2.70. The van der Waals surface area contributed by atoms with E-state index in [9.17, 15) is 14.7 Å². The maximum atomic E-state index is 12.7. The van der Waals surface area contributed by atoms with Crippen molar-refractivity contribution < 1.29 is 19.4 Å². The minimum atomic E-state index is -0.526. The highest BCUT2D eigenvalue weighted by Crippen LogP contribution is 2.73. The fourth-order valence-corrected chi connectivity index (χ4v) is 8.29. The zero-order chi connectivity index (χ0) is 20.7. The van der Waals surface area contributed by atoms with Gasteiger partial charge in [-0.1, -0.05) is 46.8 Å². The first-order valence-electron chi connectivity index (χ1n) is 11.0. The van der Waals surface area contributed by atoms with Gasteiger partial charge in [0, 0.05) is 30.1 Å². The fraction of sp³-hybridized carbons (Fsp3) is 0.833. The van der Waals surface area contributed by atoms with E-state index in [1.165, 1.54) is 6.92 Å². The Labute approximate surface area is 169 Å². The van der Waals surface area contributed by atoms with E-state index < -0.39 is 6.10 Å². The molecule has 3 fully saturated rings. The fourth-order valence-electron chi connectivity index (χ4n) is 8.29. The van der Waals surface area contributed by atoms with Crippen LogP contribution in [0.25, 0.3) is 0 Å². The third-order valence-corrected chi connectivity index (χ3v) is 10.0. The lowest BCUT2D eigenvalue weighted by Gasteiger charge is -2.69. The summed E-state index contributed by atoms with van der Waals surface area (Å²) in [6.45, 7) is 12.7. The Morgan fingerprint density at radius 1 is 1.11 bits per heavy atom. The van der Waals surface area contributed by atoms with Crippen LogP contribution in [-0.4, -0.2) is 29.1 Å². The number of aliphatic hydroxyl groups excluding tert-OH is 1. The van der Waals surface area contributed by atoms with Gasteiger partial charge in [-0.25, -0.2) is 0 Å². The molecule has 4 aliphatic rings. The number of esters is 1. The van der Waals surface area contributed by atoms with Crippen LogP contribution in [0.5, 0.6) is 0 Å². The number of ketones is 1. The van der Waals surface area contributed by atoms with Crippen LogP contribution in [-0.2, 0) is 14.3 Å². The number of rotatable bonds is 1. The molecule has 0 aromatic heterocycles. The number of carbonyl (C=O) groups is 2. The molecule has 3 saturated carbocycles. The molecule has 0 aromatic rings. The van der Waals surface area contributed by atoms with Crippen molar-refractivity contribution >= 4 is 11.8 Å². The van der Waals surface area contributed by atoms with Gasteiger partial charge in [0.05, 0.1) is 6.10 Å². The molecule has 0 radical (unpaired) electrons. The summed E-state index contributed by atoms with van der Waals surface area (Å²) in [5, 5.41) is 11.1. The largest absolute Gasteiger partial charge is 0.462 e. The van der Waals surface area contributed by atoms with Crippen molar-refractivity contribution in [1.29, 1.82) is 0 Å². The maximum absolute atomic E-state index is 12.7. The summed E-state index contributed by atoms with van der Waals surface area (Å²) in [6.07, 6.45) is 7.66. The molecule has 28 heavy (non-hydrogen) atoms. The highest BCUT2D eigenvalue weighted by molar-refractivity contribution is 5.85. The first kappa shape index (κ1) is 20.1. The Morgan fingerprint density at radius 3 is 2.43 bits per heavy atom. The van der Waals surface area contributed by atoms with Crippen LogP contribution in [0.4, 0.5) is 0 Å². The van der Waals surface area contributed by atoms with Crippen LogP contribution in [0.15, 0.2) is 12.2 Å². The molecule has 0 saturated heterocycles. The highest BCUT2D eigenvalue weighted by atomic mass is 16.5. The summed E-state index contributed by atoms with van der Waals surface area (Å²) in [5.41, 5.74) is -0.705. The van der Waals surface area contributed by atoms with Gasteiger partial charge in [0.2, 0.25) is 0 Å². The van der Waals surface area contributed by atoms with Gasteiger partial charge in [-0.2, -0.15) is 0 Å². The summed E-state index contributed by atoms with van der Waals surface area (Å²) < 4.78 is 5.84. The van der Waals surface area contributed by atoms with Gasteiger partial charge in [0.25, 0.3) is 0 Å². The molecule has 0 unspecified atom stereocenters. The van der Waals surface area contributed by atoms with Crippen molar-refractivity contribution in [2.45, 2.75) is 85.9 Å². The van der Waals surface area contributed by atoms with E-state index >= 15 is 0 Å². The topological polar surface area (TPSA) is 63.6 Å². The number of hydrogen-bond acceptors (Lipinski definition) is 4. The lowest BCUT2D eigenvalue weighted by atomic mass is 9.35. The van der Waals surface area contributed by atoms with Gasteiger partial charge in [-0.05, 0) is 48.3 Å². The molecule has 156 valence electrons. The van der Waals surface area contributed by atoms with Gasteiger partial charge in [0.15, 0.2) is 0 Å². The van der Waals surface area contributed by atoms with Crippen LogP contribution >= 0.6 is 0 Å². The summed E-state index contributed by atoms with van der Waals surface area (Å²) in [4.78, 5) is 24.6. The SMILES string of the molecule is CC(=O)O[C@@H]1C[C@@H]2[C@@]3(C)CCC(=O)C(C)(C)[C@@H]3CC[C@@]2(C)[C@]2(C)[C@@H](O)C=C[C@@H]12. The lowest BCUT2D eigenvalue weighted by molar-refractivity contribution is -0.239. The minimum absolute atomic E-state index is 0.0130. The molecule has 4 rings (SSSR count). The Kier molecular flexibility index (Phi) is 4.26. The first-order chi connectivity index (χ1) is 12.9. The predicted octanol–water partition coefficient (Wildman–Crippen LogP) is 4.30. The quantitative estimate of drug-likeness (QED) is 0.537. The van der Waals surface area contributed by atoms with Crippen LogP contribution in [0, 0.1) is 39.4 Å². The minimum Gasteiger partial charge on any atom is -0.462 e. The van der Waals surface area contributed by atoms with Gasteiger partial charge in [-0.3, -0.25) is 9.59 Å². The van der Waals surface area contributed by atoms with E-state index in [-0.39, 0.29) is 39.7 Å². The second-order valence-electron chi connectivity index (χ2n) is 11.2. The summed E-state index contributed by atoms with van der Waals surface area (Å²) in [7, 11) is 0. The second kappa shape index (κ2) is 5.93. The molecular weight excluding hydrogens is 352 g/mol. The van der Waals surface area contributed by atoms with E-state index in [2.05, 4.69) is 40.7 Å². The van der Waals surface area contributed by atoms with Gasteiger partial charge in [0.1, 0.15) is 11.9 Å². The van der Waals surface area contributed by atoms with Crippen LogP contribution in [0.3, 0.4) is 0 Å². The second-order valence-corrected chi connectivity index (χ2v) is 11.2. The molecule has 0 amide bonds. The molecule has 0 aliphatic heterocycles. The van der Waals surface area contributed by atoms with Crippen molar-refractivity contribution in [3.05, 3.63) is 12.2 Å². The van der Waals surface area contributed by atoms with E-state index in [0.717, 1.165) is 25.7 Å². The summed E-state index contributed by atoms with van der Waals surface area (Å²) in [6, 6.07) is 0. The number of hydrogen-bond donors (Lipinski definition) is 1. The molecule has 1 N–H and O–H groups in total. The normalized spacial score (nSPS) is 51.8. The Balaban J connectivity index is 1.82. The predicted molar refractivity (Wildman–Crippen MR) is 107 cm³/mol. The molecule has 4 nitrogen and oxygen atoms in total. The standard InChI is InChI=1S/C24H36O4/c1-14(25)28-16-13-18-22(4)11-10-19(26)21(2,3)17(22)9-12-23(18,5)24(6)15(16)7-8-20(24)27/h7-8,15-18,20,27H,9-13H2,1-6H3/t15-,16+,17-,18+,20-,22-,23+,24-/m0/s1. The number of ether oxygens (including phenoxy) is 1. The van der Waals surface area contributed by atoms with Crippen LogP contribution in [0.1, 0.15) is 73.6 Å². The van der Waals surface area contributed by atoms with Crippen LogP contribution in [0.2, 0.25) is 0 Å². The number of carbonyl (C=O) groups excluding carboxylic acids is 2. The molecule has 0 aromatic carbocycles. The smallest absolute Gasteiger partial charge is 0.302 e. The average Bonchev–Trinajstić information content (AvgIpc) is 2.90. The zero-order valence-corrected chi connectivity index (χ0v) is 18.2.